The van der Waals surface area contributed by atoms with E-state index in [4.69, 9.17) is 4.42 Å². The highest BCUT2D eigenvalue weighted by Crippen LogP contribution is 2.25. The summed E-state index contributed by atoms with van der Waals surface area (Å²) in [6.07, 6.45) is 1.05. The van der Waals surface area contributed by atoms with Crippen LogP contribution in [0.3, 0.4) is 0 Å². The standard InChI is InChI=1S/C15H19NO4/c1-2-10(17)7-8-16-9-12-11-5-3-4-6-13(11)20-14(12)15(18)19/h3-6,10,16-17H,2,7-9H2,1H3,(H,18,19). The van der Waals surface area contributed by atoms with Crippen molar-refractivity contribution in [3.8, 4) is 0 Å². The molecule has 1 heterocycles. The van der Waals surface area contributed by atoms with Gasteiger partial charge in [0.05, 0.1) is 6.10 Å². The fraction of sp³-hybridized carbons (Fsp3) is 0.400. The molecule has 0 aliphatic heterocycles. The Morgan fingerprint density at radius 2 is 2.15 bits per heavy atom. The number of carboxylic acids is 1. The number of aromatic carboxylic acids is 1. The van der Waals surface area contributed by atoms with Crippen LogP contribution in [-0.4, -0.2) is 28.8 Å². The van der Waals surface area contributed by atoms with Gasteiger partial charge in [0.15, 0.2) is 0 Å². The first-order valence-corrected chi connectivity index (χ1v) is 6.76. The fourth-order valence-electron chi connectivity index (χ4n) is 2.13. The second-order valence-electron chi connectivity index (χ2n) is 4.74. The molecule has 0 saturated carbocycles. The number of hydrogen-bond acceptors (Lipinski definition) is 4. The van der Waals surface area contributed by atoms with Crippen LogP contribution in [0.2, 0.25) is 0 Å². The van der Waals surface area contributed by atoms with Crippen LogP contribution in [0, 0.1) is 0 Å². The third kappa shape index (κ3) is 3.18. The Balaban J connectivity index is 2.11. The summed E-state index contributed by atoms with van der Waals surface area (Å²) in [5, 5.41) is 22.6. The minimum absolute atomic E-state index is 0.0188. The van der Waals surface area contributed by atoms with Crippen molar-refractivity contribution in [1.82, 2.24) is 5.32 Å². The first-order chi connectivity index (χ1) is 9.63. The number of nitrogens with one attached hydrogen (secondary N) is 1. The zero-order valence-electron chi connectivity index (χ0n) is 11.4. The van der Waals surface area contributed by atoms with Crippen molar-refractivity contribution in [3.63, 3.8) is 0 Å². The maximum atomic E-state index is 11.2. The molecular formula is C15H19NO4. The Morgan fingerprint density at radius 3 is 2.85 bits per heavy atom. The summed E-state index contributed by atoms with van der Waals surface area (Å²) >= 11 is 0. The van der Waals surface area contributed by atoms with E-state index in [1.807, 2.05) is 25.1 Å². The summed E-state index contributed by atoms with van der Waals surface area (Å²) in [6, 6.07) is 7.27. The van der Waals surface area contributed by atoms with E-state index < -0.39 is 5.97 Å². The number of para-hydroxylation sites is 1. The van der Waals surface area contributed by atoms with E-state index in [9.17, 15) is 15.0 Å². The molecule has 0 aliphatic rings. The van der Waals surface area contributed by atoms with Gasteiger partial charge in [0.1, 0.15) is 5.58 Å². The molecule has 3 N–H and O–H groups in total. The highest BCUT2D eigenvalue weighted by Gasteiger charge is 2.19. The highest BCUT2D eigenvalue weighted by molar-refractivity contribution is 5.95. The first-order valence-electron chi connectivity index (χ1n) is 6.76. The zero-order valence-corrected chi connectivity index (χ0v) is 11.4. The summed E-state index contributed by atoms with van der Waals surface area (Å²) in [5.74, 6) is -1.08. The minimum atomic E-state index is -1.06. The fourth-order valence-corrected chi connectivity index (χ4v) is 2.13. The number of aliphatic hydroxyl groups excluding tert-OH is 1. The van der Waals surface area contributed by atoms with Crippen molar-refractivity contribution in [2.24, 2.45) is 0 Å². The molecule has 1 atom stereocenters. The van der Waals surface area contributed by atoms with Gasteiger partial charge in [0, 0.05) is 17.5 Å². The number of rotatable bonds is 7. The molecular weight excluding hydrogens is 258 g/mol. The van der Waals surface area contributed by atoms with Crippen molar-refractivity contribution in [2.45, 2.75) is 32.4 Å². The van der Waals surface area contributed by atoms with E-state index in [1.54, 1.807) is 6.07 Å². The van der Waals surface area contributed by atoms with Gasteiger partial charge < -0.3 is 19.9 Å². The maximum absolute atomic E-state index is 11.2. The van der Waals surface area contributed by atoms with Crippen LogP contribution in [0.15, 0.2) is 28.7 Å². The van der Waals surface area contributed by atoms with Gasteiger partial charge in [-0.05, 0) is 25.5 Å². The Morgan fingerprint density at radius 1 is 1.40 bits per heavy atom. The molecule has 108 valence electrons. The average molecular weight is 277 g/mol. The lowest BCUT2D eigenvalue weighted by atomic mass is 10.1. The SMILES string of the molecule is CCC(O)CCNCc1c(C(=O)O)oc2ccccc12. The normalized spacial score (nSPS) is 12.7. The lowest BCUT2D eigenvalue weighted by molar-refractivity contribution is 0.0663. The van der Waals surface area contributed by atoms with Crippen LogP contribution in [-0.2, 0) is 6.54 Å². The van der Waals surface area contributed by atoms with E-state index in [2.05, 4.69) is 5.32 Å². The van der Waals surface area contributed by atoms with Crippen molar-refractivity contribution in [3.05, 3.63) is 35.6 Å². The number of hydrogen-bond donors (Lipinski definition) is 3. The maximum Gasteiger partial charge on any atom is 0.372 e. The van der Waals surface area contributed by atoms with Crippen molar-refractivity contribution < 1.29 is 19.4 Å². The number of aliphatic hydroxyl groups is 1. The van der Waals surface area contributed by atoms with Gasteiger partial charge in [-0.2, -0.15) is 0 Å². The van der Waals surface area contributed by atoms with E-state index in [-0.39, 0.29) is 11.9 Å². The van der Waals surface area contributed by atoms with Crippen LogP contribution in [0.25, 0.3) is 11.0 Å². The molecule has 1 unspecified atom stereocenters. The molecule has 20 heavy (non-hydrogen) atoms. The molecule has 5 heteroatoms. The van der Waals surface area contributed by atoms with Crippen LogP contribution in [0.4, 0.5) is 0 Å². The molecule has 1 aromatic carbocycles. The number of fused-ring (bicyclic) bond motifs is 1. The third-order valence-corrected chi connectivity index (χ3v) is 3.32. The van der Waals surface area contributed by atoms with Crippen LogP contribution in [0.1, 0.15) is 35.9 Å². The van der Waals surface area contributed by atoms with Gasteiger partial charge in [-0.1, -0.05) is 25.1 Å². The van der Waals surface area contributed by atoms with Gasteiger partial charge in [-0.25, -0.2) is 4.79 Å². The Labute approximate surface area is 117 Å². The van der Waals surface area contributed by atoms with E-state index >= 15 is 0 Å². The van der Waals surface area contributed by atoms with E-state index in [0.29, 0.717) is 30.7 Å². The van der Waals surface area contributed by atoms with E-state index in [1.165, 1.54) is 0 Å². The van der Waals surface area contributed by atoms with Crippen molar-refractivity contribution >= 4 is 16.9 Å². The molecule has 0 radical (unpaired) electrons. The summed E-state index contributed by atoms with van der Waals surface area (Å²) in [6.45, 7) is 2.97. The Bertz CT molecular complexity index is 591. The molecule has 0 spiro atoms. The number of carbonyl (C=O) groups is 1. The average Bonchev–Trinajstić information content (AvgIpc) is 2.82. The first kappa shape index (κ1) is 14.6. The molecule has 0 bridgehead atoms. The smallest absolute Gasteiger partial charge is 0.372 e. The summed E-state index contributed by atoms with van der Waals surface area (Å²) in [7, 11) is 0. The topological polar surface area (TPSA) is 82.7 Å². The van der Waals surface area contributed by atoms with Crippen LogP contribution >= 0.6 is 0 Å². The second kappa shape index (κ2) is 6.54. The lowest BCUT2D eigenvalue weighted by Crippen LogP contribution is -2.20. The quantitative estimate of drug-likeness (QED) is 0.677. The highest BCUT2D eigenvalue weighted by atomic mass is 16.4. The van der Waals surface area contributed by atoms with E-state index in [0.717, 1.165) is 11.8 Å². The molecule has 2 rings (SSSR count). The molecule has 0 aliphatic carbocycles. The second-order valence-corrected chi connectivity index (χ2v) is 4.74. The third-order valence-electron chi connectivity index (χ3n) is 3.32. The van der Waals surface area contributed by atoms with Gasteiger partial charge >= 0.3 is 5.97 Å². The Kier molecular flexibility index (Phi) is 4.76. The minimum Gasteiger partial charge on any atom is -0.475 e. The van der Waals surface area contributed by atoms with Gasteiger partial charge in [0.2, 0.25) is 5.76 Å². The summed E-state index contributed by atoms with van der Waals surface area (Å²) < 4.78 is 5.37. The predicted molar refractivity (Wildman–Crippen MR) is 75.8 cm³/mol. The van der Waals surface area contributed by atoms with Gasteiger partial charge in [-0.3, -0.25) is 0 Å². The van der Waals surface area contributed by atoms with Crippen LogP contribution < -0.4 is 5.32 Å². The molecule has 0 fully saturated rings. The number of benzene rings is 1. The Hall–Kier alpha value is -1.85. The van der Waals surface area contributed by atoms with Gasteiger partial charge in [0.25, 0.3) is 0 Å². The molecule has 1 aromatic heterocycles. The predicted octanol–water partition coefficient (Wildman–Crippen LogP) is 2.38. The van der Waals surface area contributed by atoms with Crippen molar-refractivity contribution in [2.75, 3.05) is 6.54 Å². The summed E-state index contributed by atoms with van der Waals surface area (Å²) in [4.78, 5) is 11.2. The molecule has 0 amide bonds. The van der Waals surface area contributed by atoms with Crippen LogP contribution in [0.5, 0.6) is 0 Å². The number of furan rings is 1. The summed E-state index contributed by atoms with van der Waals surface area (Å²) in [5.41, 5.74) is 1.23. The van der Waals surface area contributed by atoms with Gasteiger partial charge in [-0.15, -0.1) is 0 Å². The lowest BCUT2D eigenvalue weighted by Gasteiger charge is -2.08. The van der Waals surface area contributed by atoms with Crippen molar-refractivity contribution in [1.29, 1.82) is 0 Å². The molecule has 5 nitrogen and oxygen atoms in total. The molecule has 0 saturated heterocycles. The largest absolute Gasteiger partial charge is 0.475 e. The monoisotopic (exact) mass is 277 g/mol. The molecule has 2 aromatic rings. The zero-order chi connectivity index (χ0) is 14.5. The number of carboxylic acid groups (broad SMARTS) is 1.